The van der Waals surface area contributed by atoms with Crippen molar-refractivity contribution in [2.24, 2.45) is 5.73 Å². The number of carbonyl (C=O) groups excluding carboxylic acids is 1. The molecule has 0 aliphatic heterocycles. The second kappa shape index (κ2) is 5.63. The van der Waals surface area contributed by atoms with Crippen molar-refractivity contribution < 1.29 is 9.90 Å². The van der Waals surface area contributed by atoms with E-state index >= 15 is 0 Å². The summed E-state index contributed by atoms with van der Waals surface area (Å²) in [7, 11) is 0. The molecule has 5 heteroatoms. The average molecular weight is 237 g/mol. The first-order chi connectivity index (χ1) is 8.02. The van der Waals surface area contributed by atoms with Crippen LogP contribution >= 0.6 is 0 Å². The minimum absolute atomic E-state index is 0.124. The Kier molecular flexibility index (Phi) is 4.45. The van der Waals surface area contributed by atoms with Gasteiger partial charge in [-0.15, -0.1) is 0 Å². The Morgan fingerprint density at radius 2 is 2.18 bits per heavy atom. The summed E-state index contributed by atoms with van der Waals surface area (Å²) in [6, 6.07) is 1.47. The Balaban J connectivity index is 2.65. The molecule has 0 unspecified atom stereocenters. The van der Waals surface area contributed by atoms with Crippen LogP contribution in [0.25, 0.3) is 0 Å². The fraction of sp³-hybridized carbons (Fsp3) is 0.500. The monoisotopic (exact) mass is 237 g/mol. The Labute approximate surface area is 101 Å². The molecule has 4 N–H and O–H groups in total. The highest BCUT2D eigenvalue weighted by Crippen LogP contribution is 2.14. The summed E-state index contributed by atoms with van der Waals surface area (Å²) in [5, 5.41) is 12.2. The van der Waals surface area contributed by atoms with Gasteiger partial charge in [-0.05, 0) is 18.9 Å². The summed E-state index contributed by atoms with van der Waals surface area (Å²) in [5.41, 5.74) is 5.90. The van der Waals surface area contributed by atoms with Gasteiger partial charge in [0.2, 0.25) is 0 Å². The molecule has 0 aliphatic rings. The van der Waals surface area contributed by atoms with Gasteiger partial charge in [0.05, 0.1) is 11.8 Å². The van der Waals surface area contributed by atoms with Crippen LogP contribution in [0.2, 0.25) is 0 Å². The number of hydrogen-bond acceptors (Lipinski definition) is 4. The molecule has 1 rings (SSSR count). The van der Waals surface area contributed by atoms with Gasteiger partial charge >= 0.3 is 0 Å². The number of nitrogens with zero attached hydrogens (tertiary/aromatic N) is 1. The van der Waals surface area contributed by atoms with Gasteiger partial charge in [0.15, 0.2) is 0 Å². The lowest BCUT2D eigenvalue weighted by Crippen LogP contribution is -2.49. The molecule has 1 aromatic heterocycles. The third-order valence-corrected chi connectivity index (χ3v) is 3.05. The quantitative estimate of drug-likeness (QED) is 0.713. The van der Waals surface area contributed by atoms with Gasteiger partial charge in [-0.1, -0.05) is 13.8 Å². The molecular formula is C12H19N3O2. The lowest BCUT2D eigenvalue weighted by atomic mass is 9.94. The molecule has 17 heavy (non-hydrogen) atoms. The first-order valence-electron chi connectivity index (χ1n) is 5.72. The van der Waals surface area contributed by atoms with Gasteiger partial charge in [0.25, 0.3) is 5.91 Å². The van der Waals surface area contributed by atoms with Gasteiger partial charge in [-0.2, -0.15) is 0 Å². The smallest absolute Gasteiger partial charge is 0.255 e. The summed E-state index contributed by atoms with van der Waals surface area (Å²) in [6.07, 6.45) is 4.27. The molecule has 0 atom stereocenters. The van der Waals surface area contributed by atoms with Crippen LogP contribution in [-0.4, -0.2) is 28.1 Å². The molecule has 94 valence electrons. The predicted octanol–water partition coefficient (Wildman–Crippen LogP) is 1.03. The molecule has 1 aromatic rings. The summed E-state index contributed by atoms with van der Waals surface area (Å²) < 4.78 is 0. The van der Waals surface area contributed by atoms with Crippen molar-refractivity contribution in [3.63, 3.8) is 0 Å². The van der Waals surface area contributed by atoms with E-state index in [1.165, 1.54) is 18.5 Å². The summed E-state index contributed by atoms with van der Waals surface area (Å²) >= 11 is 0. The van der Waals surface area contributed by atoms with Crippen molar-refractivity contribution in [1.29, 1.82) is 0 Å². The second-order valence-electron chi connectivity index (χ2n) is 4.14. The van der Waals surface area contributed by atoms with Gasteiger partial charge < -0.3 is 16.2 Å². The molecule has 0 spiro atoms. The van der Waals surface area contributed by atoms with E-state index in [1.807, 2.05) is 13.8 Å². The third kappa shape index (κ3) is 3.42. The molecule has 0 saturated heterocycles. The van der Waals surface area contributed by atoms with Crippen LogP contribution < -0.4 is 11.1 Å². The van der Waals surface area contributed by atoms with Crippen molar-refractivity contribution in [2.75, 3.05) is 6.54 Å². The zero-order valence-electron chi connectivity index (χ0n) is 10.2. The molecule has 0 radical (unpaired) electrons. The van der Waals surface area contributed by atoms with Gasteiger partial charge in [0.1, 0.15) is 5.75 Å². The van der Waals surface area contributed by atoms with Crippen LogP contribution in [0.1, 0.15) is 37.0 Å². The standard InChI is InChI=1S/C12H19N3O2/c1-3-12(13,4-2)8-15-11(17)9-5-6-14-7-10(9)16/h5-7,16H,3-4,8,13H2,1-2H3,(H,15,17). The Bertz CT molecular complexity index is 389. The van der Waals surface area contributed by atoms with E-state index in [0.717, 1.165) is 12.8 Å². The summed E-state index contributed by atoms with van der Waals surface area (Å²) in [6.45, 7) is 4.36. The van der Waals surface area contributed by atoms with Crippen molar-refractivity contribution >= 4 is 5.91 Å². The largest absolute Gasteiger partial charge is 0.505 e. The number of hydrogen-bond donors (Lipinski definition) is 3. The number of carbonyl (C=O) groups is 1. The zero-order valence-corrected chi connectivity index (χ0v) is 10.2. The molecule has 5 nitrogen and oxygen atoms in total. The molecule has 0 saturated carbocycles. The fourth-order valence-electron chi connectivity index (χ4n) is 1.43. The Morgan fingerprint density at radius 3 is 2.71 bits per heavy atom. The number of aromatic nitrogens is 1. The highest BCUT2D eigenvalue weighted by Gasteiger charge is 2.21. The zero-order chi connectivity index (χ0) is 12.9. The van der Waals surface area contributed by atoms with E-state index in [9.17, 15) is 9.90 Å². The summed E-state index contributed by atoms with van der Waals surface area (Å²) in [5.74, 6) is -0.456. The number of nitrogens with two attached hydrogens (primary N) is 1. The lowest BCUT2D eigenvalue weighted by Gasteiger charge is -2.26. The fourth-order valence-corrected chi connectivity index (χ4v) is 1.43. The highest BCUT2D eigenvalue weighted by molar-refractivity contribution is 5.96. The number of amides is 1. The molecule has 0 aromatic carbocycles. The minimum Gasteiger partial charge on any atom is -0.505 e. The van der Waals surface area contributed by atoms with Crippen molar-refractivity contribution in [3.8, 4) is 5.75 Å². The summed E-state index contributed by atoms with van der Waals surface area (Å²) in [4.78, 5) is 15.5. The average Bonchev–Trinajstić information content (AvgIpc) is 2.36. The van der Waals surface area contributed by atoms with E-state index in [0.29, 0.717) is 6.54 Å². The molecule has 0 bridgehead atoms. The molecule has 0 aliphatic carbocycles. The number of rotatable bonds is 5. The van der Waals surface area contributed by atoms with Gasteiger partial charge in [0, 0.05) is 18.3 Å². The van der Waals surface area contributed by atoms with Crippen molar-refractivity contribution in [1.82, 2.24) is 10.3 Å². The van der Waals surface area contributed by atoms with Gasteiger partial charge in [-0.3, -0.25) is 9.78 Å². The van der Waals surface area contributed by atoms with E-state index in [2.05, 4.69) is 10.3 Å². The van der Waals surface area contributed by atoms with Crippen LogP contribution in [0.15, 0.2) is 18.5 Å². The Morgan fingerprint density at radius 1 is 1.53 bits per heavy atom. The van der Waals surface area contributed by atoms with E-state index in [4.69, 9.17) is 5.73 Å². The normalized spacial score (nSPS) is 11.2. The van der Waals surface area contributed by atoms with Crippen molar-refractivity contribution in [3.05, 3.63) is 24.0 Å². The van der Waals surface area contributed by atoms with Crippen LogP contribution in [0.4, 0.5) is 0 Å². The SMILES string of the molecule is CCC(N)(CC)CNC(=O)c1ccncc1O. The minimum atomic E-state index is -0.391. The van der Waals surface area contributed by atoms with Crippen molar-refractivity contribution in [2.45, 2.75) is 32.2 Å². The molecule has 0 fully saturated rings. The molecule has 1 amide bonds. The van der Waals surface area contributed by atoms with Crippen LogP contribution in [-0.2, 0) is 0 Å². The number of aromatic hydroxyl groups is 1. The third-order valence-electron chi connectivity index (χ3n) is 3.05. The maximum Gasteiger partial charge on any atom is 0.255 e. The maximum absolute atomic E-state index is 11.8. The van der Waals surface area contributed by atoms with Crippen LogP contribution in [0, 0.1) is 0 Å². The van der Waals surface area contributed by atoms with Crippen LogP contribution in [0.5, 0.6) is 5.75 Å². The van der Waals surface area contributed by atoms with Crippen LogP contribution in [0.3, 0.4) is 0 Å². The van der Waals surface area contributed by atoms with E-state index in [-0.39, 0.29) is 17.2 Å². The van der Waals surface area contributed by atoms with E-state index < -0.39 is 5.54 Å². The second-order valence-corrected chi connectivity index (χ2v) is 4.14. The topological polar surface area (TPSA) is 88.2 Å². The highest BCUT2D eigenvalue weighted by atomic mass is 16.3. The Hall–Kier alpha value is -1.62. The first kappa shape index (κ1) is 13.4. The van der Waals surface area contributed by atoms with Gasteiger partial charge in [-0.25, -0.2) is 0 Å². The molecule has 1 heterocycles. The van der Waals surface area contributed by atoms with E-state index in [1.54, 1.807) is 0 Å². The number of pyridine rings is 1. The first-order valence-corrected chi connectivity index (χ1v) is 5.72. The number of nitrogens with one attached hydrogen (secondary N) is 1. The predicted molar refractivity (Wildman–Crippen MR) is 65.7 cm³/mol. The lowest BCUT2D eigenvalue weighted by molar-refractivity contribution is 0.0939. The maximum atomic E-state index is 11.8. The molecular weight excluding hydrogens is 218 g/mol.